The number of aromatic nitrogens is 1. The molecule has 8 nitrogen and oxygen atoms in total. The van der Waals surface area contributed by atoms with Crippen molar-refractivity contribution in [3.05, 3.63) is 71.3 Å². The number of nitriles is 1. The highest BCUT2D eigenvalue weighted by Gasteiger charge is 2.32. The molecule has 2 amide bonds. The Morgan fingerprint density at radius 1 is 1.02 bits per heavy atom. The summed E-state index contributed by atoms with van der Waals surface area (Å²) in [5.41, 5.74) is -1.65. The minimum atomic E-state index is -4.64. The van der Waals surface area contributed by atoms with Crippen molar-refractivity contribution in [2.24, 2.45) is 5.92 Å². The third kappa shape index (κ3) is 6.43. The summed E-state index contributed by atoms with van der Waals surface area (Å²) in [5, 5.41) is 16.9. The smallest absolute Gasteiger partial charge is 0.405 e. The molecule has 13 heteroatoms. The van der Waals surface area contributed by atoms with Crippen molar-refractivity contribution in [3.8, 4) is 28.5 Å². The minimum Gasteiger partial charge on any atom is -0.437 e. The summed E-state index contributed by atoms with van der Waals surface area (Å²) < 4.78 is 73.9. The molecule has 0 spiro atoms. The van der Waals surface area contributed by atoms with Gasteiger partial charge >= 0.3 is 6.18 Å². The number of hydrogen-bond donors (Lipinski definition) is 3. The van der Waals surface area contributed by atoms with Gasteiger partial charge in [0.05, 0.1) is 22.6 Å². The van der Waals surface area contributed by atoms with Gasteiger partial charge in [-0.25, -0.2) is 8.78 Å². The first-order valence-corrected chi connectivity index (χ1v) is 13.0. The monoisotopic (exact) mass is 599 g/mol. The molecular formula is C30H26F5N5O3. The van der Waals surface area contributed by atoms with Crippen LogP contribution in [0.3, 0.4) is 0 Å². The van der Waals surface area contributed by atoms with Gasteiger partial charge in [0.25, 0.3) is 11.8 Å². The van der Waals surface area contributed by atoms with E-state index in [0.717, 1.165) is 24.3 Å². The van der Waals surface area contributed by atoms with Crippen LogP contribution in [-0.4, -0.2) is 42.1 Å². The highest BCUT2D eigenvalue weighted by atomic mass is 19.4. The molecule has 4 rings (SSSR count). The fraction of sp³-hybridized carbons (Fsp3) is 0.267. The lowest BCUT2D eigenvalue weighted by Crippen LogP contribution is -2.49. The molecule has 0 radical (unpaired) electrons. The number of rotatable bonds is 8. The van der Waals surface area contributed by atoms with Crippen molar-refractivity contribution in [1.82, 2.24) is 15.6 Å². The highest BCUT2D eigenvalue weighted by Crippen LogP contribution is 2.38. The number of anilines is 1. The van der Waals surface area contributed by atoms with Gasteiger partial charge in [0.15, 0.2) is 0 Å². The van der Waals surface area contributed by atoms with Crippen molar-refractivity contribution in [2.75, 3.05) is 18.9 Å². The van der Waals surface area contributed by atoms with E-state index in [0.29, 0.717) is 5.56 Å². The van der Waals surface area contributed by atoms with Gasteiger partial charge in [-0.05, 0) is 60.9 Å². The quantitative estimate of drug-likeness (QED) is 0.201. The van der Waals surface area contributed by atoms with Crippen LogP contribution in [0.4, 0.5) is 27.8 Å². The van der Waals surface area contributed by atoms with E-state index in [-0.39, 0.29) is 45.3 Å². The number of alkyl halides is 3. The number of carbonyl (C=O) groups is 2. The molecule has 1 atom stereocenters. The summed E-state index contributed by atoms with van der Waals surface area (Å²) in [7, 11) is 1.36. The molecule has 0 bridgehead atoms. The molecule has 0 saturated heterocycles. The maximum atomic E-state index is 14.9. The summed E-state index contributed by atoms with van der Waals surface area (Å²) in [6.07, 6.45) is -4.64. The van der Waals surface area contributed by atoms with Crippen LogP contribution in [0.15, 0.2) is 52.9 Å². The van der Waals surface area contributed by atoms with Crippen LogP contribution >= 0.6 is 0 Å². The van der Waals surface area contributed by atoms with E-state index in [2.05, 4.69) is 20.9 Å². The van der Waals surface area contributed by atoms with Crippen LogP contribution in [0, 0.1) is 28.9 Å². The summed E-state index contributed by atoms with van der Waals surface area (Å²) in [5.74, 6) is -3.68. The Morgan fingerprint density at radius 2 is 1.67 bits per heavy atom. The number of nitrogens with one attached hydrogen (secondary N) is 3. The van der Waals surface area contributed by atoms with Crippen molar-refractivity contribution in [2.45, 2.75) is 32.5 Å². The van der Waals surface area contributed by atoms with E-state index in [1.165, 1.54) is 38.2 Å². The Bertz CT molecular complexity index is 1740. The summed E-state index contributed by atoms with van der Waals surface area (Å²) >= 11 is 0. The highest BCUT2D eigenvalue weighted by molar-refractivity contribution is 6.11. The number of halogens is 5. The molecule has 0 aliphatic rings. The van der Waals surface area contributed by atoms with Crippen molar-refractivity contribution >= 4 is 28.7 Å². The molecule has 224 valence electrons. The largest absolute Gasteiger partial charge is 0.437 e. The third-order valence-electron chi connectivity index (χ3n) is 6.98. The van der Waals surface area contributed by atoms with Crippen LogP contribution in [0.1, 0.15) is 41.5 Å². The summed E-state index contributed by atoms with van der Waals surface area (Å²) in [6, 6.07) is 11.7. The van der Waals surface area contributed by atoms with Crippen LogP contribution in [0.2, 0.25) is 0 Å². The molecule has 1 unspecified atom stereocenters. The second-order valence-corrected chi connectivity index (χ2v) is 10.2. The Labute approximate surface area is 242 Å². The maximum Gasteiger partial charge on any atom is 0.405 e. The molecular weight excluding hydrogens is 573 g/mol. The molecule has 43 heavy (non-hydrogen) atoms. The Hall–Kier alpha value is -4.99. The zero-order valence-corrected chi connectivity index (χ0v) is 23.4. The molecule has 2 heterocycles. The normalized spacial score (nSPS) is 13.0. The SMILES string of the molecule is CNC(=O)c1c(-c2ccc(F)cc2)oc2nc(NCC(F)(F)F)c(-c3ccc(F)c(C(=O)NC(C)(C#N)C(C)C)c3)cc12. The zero-order chi connectivity index (χ0) is 31.7. The number of nitrogens with zero attached hydrogens (tertiary/aromatic N) is 2. The maximum absolute atomic E-state index is 14.9. The minimum absolute atomic E-state index is 0.00527. The Kier molecular flexibility index (Phi) is 8.43. The molecule has 2 aromatic carbocycles. The lowest BCUT2D eigenvalue weighted by Gasteiger charge is -2.27. The molecule has 0 aliphatic carbocycles. The number of furan rings is 1. The summed E-state index contributed by atoms with van der Waals surface area (Å²) in [4.78, 5) is 30.3. The van der Waals surface area contributed by atoms with E-state index in [4.69, 9.17) is 4.42 Å². The number of amides is 2. The van der Waals surface area contributed by atoms with Gasteiger partial charge in [-0.2, -0.15) is 23.4 Å². The van der Waals surface area contributed by atoms with E-state index in [1.54, 1.807) is 13.8 Å². The van der Waals surface area contributed by atoms with Crippen LogP contribution in [-0.2, 0) is 0 Å². The van der Waals surface area contributed by atoms with Crippen LogP contribution in [0.5, 0.6) is 0 Å². The first-order chi connectivity index (χ1) is 20.2. The second-order valence-electron chi connectivity index (χ2n) is 10.2. The van der Waals surface area contributed by atoms with E-state index in [1.807, 2.05) is 6.07 Å². The molecule has 0 fully saturated rings. The Morgan fingerprint density at radius 3 is 2.26 bits per heavy atom. The number of carbonyl (C=O) groups excluding carboxylic acids is 2. The van der Waals surface area contributed by atoms with Gasteiger partial charge in [0, 0.05) is 18.2 Å². The van der Waals surface area contributed by atoms with Crippen molar-refractivity contribution in [1.29, 1.82) is 5.26 Å². The fourth-order valence-electron chi connectivity index (χ4n) is 4.19. The number of pyridine rings is 1. The number of fused-ring (bicyclic) bond motifs is 1. The first-order valence-electron chi connectivity index (χ1n) is 13.0. The second kappa shape index (κ2) is 11.7. The predicted molar refractivity (Wildman–Crippen MR) is 149 cm³/mol. The van der Waals surface area contributed by atoms with E-state index in [9.17, 15) is 36.8 Å². The van der Waals surface area contributed by atoms with Gasteiger partial charge in [-0.3, -0.25) is 9.59 Å². The topological polar surface area (TPSA) is 120 Å². The van der Waals surface area contributed by atoms with E-state index < -0.39 is 47.3 Å². The summed E-state index contributed by atoms with van der Waals surface area (Å²) in [6.45, 7) is 3.39. The average molecular weight is 600 g/mol. The van der Waals surface area contributed by atoms with Crippen molar-refractivity contribution < 1.29 is 36.0 Å². The number of hydrogen-bond acceptors (Lipinski definition) is 6. The van der Waals surface area contributed by atoms with Gasteiger partial charge < -0.3 is 20.4 Å². The molecule has 0 saturated carbocycles. The molecule has 0 aliphatic heterocycles. The molecule has 2 aromatic heterocycles. The average Bonchev–Trinajstić information content (AvgIpc) is 3.33. The molecule has 3 N–H and O–H groups in total. The van der Waals surface area contributed by atoms with Gasteiger partial charge in [0.1, 0.15) is 35.3 Å². The van der Waals surface area contributed by atoms with Crippen LogP contribution < -0.4 is 16.0 Å². The molecule has 4 aromatic rings. The zero-order valence-electron chi connectivity index (χ0n) is 23.4. The fourth-order valence-corrected chi connectivity index (χ4v) is 4.19. The lowest BCUT2D eigenvalue weighted by atomic mass is 9.89. The number of benzene rings is 2. The van der Waals surface area contributed by atoms with Crippen molar-refractivity contribution in [3.63, 3.8) is 0 Å². The van der Waals surface area contributed by atoms with Gasteiger partial charge in [-0.15, -0.1) is 0 Å². The predicted octanol–water partition coefficient (Wildman–Crippen LogP) is 6.44. The van der Waals surface area contributed by atoms with Gasteiger partial charge in [-0.1, -0.05) is 19.9 Å². The first kappa shape index (κ1) is 31.0. The van der Waals surface area contributed by atoms with Gasteiger partial charge in [0.2, 0.25) is 5.71 Å². The third-order valence-corrected chi connectivity index (χ3v) is 6.98. The lowest BCUT2D eigenvalue weighted by molar-refractivity contribution is -0.115. The Balaban J connectivity index is 1.94. The standard InChI is InChI=1S/C30H26F5N5O3/c1-15(2)29(3,13-36)40-26(41)20-11-17(7-10-22(20)32)19-12-21-23(27(42)37-4)24(16-5-8-18(31)9-6-16)43-28(21)39-25(19)38-14-30(33,34)35/h5-12,15H,14H2,1-4H3,(H,37,42)(H,38,39)(H,40,41). The van der Waals surface area contributed by atoms with Crippen LogP contribution in [0.25, 0.3) is 33.6 Å². The van der Waals surface area contributed by atoms with E-state index >= 15 is 0 Å².